The van der Waals surface area contributed by atoms with Crippen LogP contribution in [0, 0.1) is 5.82 Å². The van der Waals surface area contributed by atoms with Crippen LogP contribution in [0.15, 0.2) is 53.6 Å². The molecule has 0 saturated heterocycles. The third-order valence-corrected chi connectivity index (χ3v) is 5.17. The van der Waals surface area contributed by atoms with Gasteiger partial charge in [-0.1, -0.05) is 23.8 Å². The molecule has 0 fully saturated rings. The summed E-state index contributed by atoms with van der Waals surface area (Å²) in [6.07, 6.45) is -1.98. The highest BCUT2D eigenvalue weighted by molar-refractivity contribution is 5.67. The normalized spacial score (nSPS) is 14.3. The van der Waals surface area contributed by atoms with Gasteiger partial charge in [0.05, 0.1) is 5.56 Å². The molecule has 0 aliphatic heterocycles. The predicted octanol–water partition coefficient (Wildman–Crippen LogP) is 5.96. The molecule has 0 heterocycles. The van der Waals surface area contributed by atoms with Gasteiger partial charge in [-0.05, 0) is 73.1 Å². The lowest BCUT2D eigenvalue weighted by molar-refractivity contribution is -0.140. The first-order chi connectivity index (χ1) is 14.2. The SMILES string of the molecule is O=C(O)CCc1ccc(OCC2=C(Cc3cccc(F)c3)CCC2)cc1C(F)(F)F. The number of aryl methyl sites for hydroxylation is 1. The quantitative estimate of drug-likeness (QED) is 0.422. The van der Waals surface area contributed by atoms with Crippen molar-refractivity contribution in [2.24, 2.45) is 0 Å². The van der Waals surface area contributed by atoms with Crippen molar-refractivity contribution < 1.29 is 32.2 Å². The average molecular weight is 422 g/mol. The molecule has 3 rings (SSSR count). The lowest BCUT2D eigenvalue weighted by Gasteiger charge is -2.15. The van der Waals surface area contributed by atoms with E-state index in [0.717, 1.165) is 42.0 Å². The number of carboxylic acid groups (broad SMARTS) is 1. The number of carboxylic acids is 1. The molecule has 2 aromatic carbocycles. The summed E-state index contributed by atoms with van der Waals surface area (Å²) in [5.74, 6) is -1.36. The van der Waals surface area contributed by atoms with Crippen LogP contribution in [0.1, 0.15) is 42.4 Å². The van der Waals surface area contributed by atoms with Crippen molar-refractivity contribution in [3.05, 3.63) is 76.1 Å². The number of aliphatic carboxylic acids is 1. The largest absolute Gasteiger partial charge is 0.489 e. The van der Waals surface area contributed by atoms with Gasteiger partial charge in [0, 0.05) is 6.42 Å². The van der Waals surface area contributed by atoms with Crippen LogP contribution in [0.25, 0.3) is 0 Å². The molecule has 2 aromatic rings. The third-order valence-electron chi connectivity index (χ3n) is 5.17. The highest BCUT2D eigenvalue weighted by Gasteiger charge is 2.33. The van der Waals surface area contributed by atoms with Gasteiger partial charge in [-0.25, -0.2) is 4.39 Å². The maximum Gasteiger partial charge on any atom is 0.416 e. The Labute approximate surface area is 172 Å². The average Bonchev–Trinajstić information content (AvgIpc) is 3.11. The molecular formula is C23H22F4O3. The summed E-state index contributed by atoms with van der Waals surface area (Å²) in [7, 11) is 0. The number of ether oxygens (including phenoxy) is 1. The van der Waals surface area contributed by atoms with Crippen molar-refractivity contribution in [2.75, 3.05) is 6.61 Å². The molecule has 30 heavy (non-hydrogen) atoms. The van der Waals surface area contributed by atoms with Crippen molar-refractivity contribution in [1.29, 1.82) is 0 Å². The first kappa shape index (κ1) is 21.9. The molecule has 7 heteroatoms. The number of hydrogen-bond acceptors (Lipinski definition) is 2. The lowest BCUT2D eigenvalue weighted by Crippen LogP contribution is -2.11. The monoisotopic (exact) mass is 422 g/mol. The van der Waals surface area contributed by atoms with Crippen LogP contribution in [0.2, 0.25) is 0 Å². The van der Waals surface area contributed by atoms with Gasteiger partial charge in [0.25, 0.3) is 0 Å². The van der Waals surface area contributed by atoms with Crippen molar-refractivity contribution in [1.82, 2.24) is 0 Å². The van der Waals surface area contributed by atoms with Crippen molar-refractivity contribution in [2.45, 2.75) is 44.7 Å². The van der Waals surface area contributed by atoms with Gasteiger partial charge in [-0.2, -0.15) is 13.2 Å². The predicted molar refractivity (Wildman–Crippen MR) is 104 cm³/mol. The number of benzene rings is 2. The number of carbonyl (C=O) groups is 1. The second-order valence-electron chi connectivity index (χ2n) is 7.37. The Bertz CT molecular complexity index is 948. The topological polar surface area (TPSA) is 46.5 Å². The second-order valence-corrected chi connectivity index (χ2v) is 7.37. The molecule has 0 saturated carbocycles. The molecule has 1 aliphatic rings. The fourth-order valence-electron chi connectivity index (χ4n) is 3.69. The van der Waals surface area contributed by atoms with E-state index < -0.39 is 17.7 Å². The third kappa shape index (κ3) is 5.84. The Hall–Kier alpha value is -2.83. The molecule has 0 spiro atoms. The van der Waals surface area contributed by atoms with Gasteiger partial charge in [-0.15, -0.1) is 0 Å². The number of hydrogen-bond donors (Lipinski definition) is 1. The second kappa shape index (κ2) is 9.32. The van der Waals surface area contributed by atoms with E-state index in [-0.39, 0.29) is 36.6 Å². The molecule has 1 N–H and O–H groups in total. The number of allylic oxidation sites excluding steroid dienone is 1. The maximum absolute atomic E-state index is 13.4. The minimum atomic E-state index is -4.59. The van der Waals surface area contributed by atoms with Crippen LogP contribution < -0.4 is 4.74 Å². The number of halogens is 4. The molecule has 3 nitrogen and oxygen atoms in total. The van der Waals surface area contributed by atoms with E-state index in [2.05, 4.69) is 0 Å². The molecule has 0 radical (unpaired) electrons. The Morgan fingerprint density at radius 1 is 1.07 bits per heavy atom. The van der Waals surface area contributed by atoms with E-state index in [0.29, 0.717) is 6.42 Å². The number of alkyl halides is 3. The Kier molecular flexibility index (Phi) is 6.80. The fourth-order valence-corrected chi connectivity index (χ4v) is 3.69. The zero-order valence-electron chi connectivity index (χ0n) is 16.3. The van der Waals surface area contributed by atoms with Gasteiger partial charge in [0.1, 0.15) is 18.2 Å². The minimum Gasteiger partial charge on any atom is -0.489 e. The summed E-state index contributed by atoms with van der Waals surface area (Å²) >= 11 is 0. The molecule has 0 amide bonds. The summed E-state index contributed by atoms with van der Waals surface area (Å²) in [6.45, 7) is 0.177. The Morgan fingerprint density at radius 2 is 1.83 bits per heavy atom. The van der Waals surface area contributed by atoms with Crippen molar-refractivity contribution in [3.8, 4) is 5.75 Å². The van der Waals surface area contributed by atoms with Crippen LogP contribution in [0.5, 0.6) is 5.75 Å². The van der Waals surface area contributed by atoms with E-state index in [1.54, 1.807) is 6.07 Å². The Morgan fingerprint density at radius 3 is 2.53 bits per heavy atom. The molecule has 0 bridgehead atoms. The standard InChI is InChI=1S/C23H22F4O3/c24-19-6-1-3-15(12-19)11-17-4-2-5-18(17)14-30-20-9-7-16(8-10-22(28)29)21(13-20)23(25,26)27/h1,3,6-7,9,12-13H,2,4-5,8,10-11,14H2,(H,28,29). The highest BCUT2D eigenvalue weighted by Crippen LogP contribution is 2.36. The maximum atomic E-state index is 13.4. The summed E-state index contributed by atoms with van der Waals surface area (Å²) < 4.78 is 59.2. The highest BCUT2D eigenvalue weighted by atomic mass is 19.4. The fraction of sp³-hybridized carbons (Fsp3) is 0.348. The summed E-state index contributed by atoms with van der Waals surface area (Å²) in [5, 5.41) is 8.74. The molecular weight excluding hydrogens is 400 g/mol. The molecule has 1 aliphatic carbocycles. The lowest BCUT2D eigenvalue weighted by atomic mass is 10.0. The summed E-state index contributed by atoms with van der Waals surface area (Å²) in [4.78, 5) is 10.7. The molecule has 0 aromatic heterocycles. The van der Waals surface area contributed by atoms with Crippen LogP contribution >= 0.6 is 0 Å². The Balaban J connectivity index is 1.73. The van der Waals surface area contributed by atoms with Gasteiger partial charge < -0.3 is 9.84 Å². The first-order valence-electron chi connectivity index (χ1n) is 9.71. The van der Waals surface area contributed by atoms with E-state index in [4.69, 9.17) is 9.84 Å². The minimum absolute atomic E-state index is 0.0656. The van der Waals surface area contributed by atoms with Crippen LogP contribution in [-0.4, -0.2) is 17.7 Å². The van der Waals surface area contributed by atoms with E-state index in [1.165, 1.54) is 24.3 Å². The van der Waals surface area contributed by atoms with Gasteiger partial charge in [-0.3, -0.25) is 4.79 Å². The summed E-state index contributed by atoms with van der Waals surface area (Å²) in [6, 6.07) is 10.0. The van der Waals surface area contributed by atoms with Crippen LogP contribution in [0.3, 0.4) is 0 Å². The zero-order valence-corrected chi connectivity index (χ0v) is 16.3. The van der Waals surface area contributed by atoms with Gasteiger partial charge in [0.2, 0.25) is 0 Å². The van der Waals surface area contributed by atoms with Gasteiger partial charge in [0.15, 0.2) is 0 Å². The first-order valence-corrected chi connectivity index (χ1v) is 9.71. The van der Waals surface area contributed by atoms with Crippen molar-refractivity contribution in [3.63, 3.8) is 0 Å². The smallest absolute Gasteiger partial charge is 0.416 e. The molecule has 160 valence electrons. The zero-order chi connectivity index (χ0) is 21.7. The summed E-state index contributed by atoms with van der Waals surface area (Å²) in [5.41, 5.74) is 2.08. The van der Waals surface area contributed by atoms with Gasteiger partial charge >= 0.3 is 12.1 Å². The van der Waals surface area contributed by atoms with Crippen LogP contribution in [-0.2, 0) is 23.8 Å². The van der Waals surface area contributed by atoms with E-state index in [1.807, 2.05) is 6.07 Å². The molecule has 0 unspecified atom stereocenters. The van der Waals surface area contributed by atoms with E-state index >= 15 is 0 Å². The number of rotatable bonds is 8. The van der Waals surface area contributed by atoms with Crippen molar-refractivity contribution >= 4 is 5.97 Å². The molecule has 0 atom stereocenters. The van der Waals surface area contributed by atoms with E-state index in [9.17, 15) is 22.4 Å². The van der Waals surface area contributed by atoms with Crippen LogP contribution in [0.4, 0.5) is 17.6 Å².